The second-order valence-corrected chi connectivity index (χ2v) is 6.53. The number of carbonyl (C=O) groups is 1. The van der Waals surface area contributed by atoms with Crippen molar-refractivity contribution < 1.29 is 32.0 Å². The average Bonchev–Trinajstić information content (AvgIpc) is 3.11. The minimum atomic E-state index is -4.49. The van der Waals surface area contributed by atoms with Gasteiger partial charge in [0, 0.05) is 11.8 Å². The van der Waals surface area contributed by atoms with Crippen LogP contribution in [0.2, 0.25) is 0 Å². The molecule has 0 aliphatic carbocycles. The summed E-state index contributed by atoms with van der Waals surface area (Å²) in [5, 5.41) is 14.6. The molecule has 0 radical (unpaired) electrons. The molecule has 3 aromatic rings. The van der Waals surface area contributed by atoms with Crippen molar-refractivity contribution in [2.75, 3.05) is 5.32 Å². The number of nitrogens with zero attached hydrogens (tertiary/aromatic N) is 1. The van der Waals surface area contributed by atoms with Crippen LogP contribution in [0, 0.1) is 15.9 Å². The number of anilines is 1. The number of rotatable bonds is 5. The van der Waals surface area contributed by atoms with Crippen LogP contribution in [0.1, 0.15) is 15.2 Å². The number of benzene rings is 2. The first-order valence-electron chi connectivity index (χ1n) is 7.83. The van der Waals surface area contributed by atoms with E-state index in [0.717, 1.165) is 47.7 Å². The molecule has 0 unspecified atom stereocenters. The molecule has 0 bridgehead atoms. The van der Waals surface area contributed by atoms with Crippen molar-refractivity contribution in [2.45, 2.75) is 6.18 Å². The van der Waals surface area contributed by atoms with Gasteiger partial charge in [0.15, 0.2) is 17.3 Å². The molecular weight excluding hydrogens is 416 g/mol. The van der Waals surface area contributed by atoms with Crippen LogP contribution in [-0.2, 0) is 6.18 Å². The number of alkyl halides is 3. The summed E-state index contributed by atoms with van der Waals surface area (Å²) in [6, 6.07) is 8.04. The lowest BCUT2D eigenvalue weighted by Crippen LogP contribution is -2.12. The van der Waals surface area contributed by atoms with E-state index in [1.165, 1.54) is 11.4 Å². The Morgan fingerprint density at radius 2 is 1.76 bits per heavy atom. The molecular formula is C18H10F4N2O4S. The van der Waals surface area contributed by atoms with Gasteiger partial charge in [-0.25, -0.2) is 4.39 Å². The van der Waals surface area contributed by atoms with Crippen LogP contribution < -0.4 is 10.1 Å². The van der Waals surface area contributed by atoms with Gasteiger partial charge in [0.2, 0.25) is 0 Å². The third kappa shape index (κ3) is 4.69. The Labute approximate surface area is 164 Å². The number of amides is 1. The number of non-ortho nitro benzene ring substituents is 1. The summed E-state index contributed by atoms with van der Waals surface area (Å²) in [6.45, 7) is 0. The van der Waals surface area contributed by atoms with E-state index >= 15 is 0 Å². The fourth-order valence-electron chi connectivity index (χ4n) is 2.28. The third-order valence-corrected chi connectivity index (χ3v) is 4.55. The maximum atomic E-state index is 14.0. The van der Waals surface area contributed by atoms with Crippen LogP contribution in [0.3, 0.4) is 0 Å². The number of nitro benzene ring substituents is 1. The minimum absolute atomic E-state index is 0.00725. The highest BCUT2D eigenvalue weighted by atomic mass is 32.1. The standard InChI is InChI=1S/C18H10F4N2O4S/c19-13-9-12(24(26)27)5-6-14(13)28-15-7-8-29-16(15)17(25)23-11-3-1-10(2-4-11)18(20,21)22/h1-9H,(H,23,25). The van der Waals surface area contributed by atoms with Crippen LogP contribution in [0.4, 0.5) is 28.9 Å². The lowest BCUT2D eigenvalue weighted by atomic mass is 10.2. The highest BCUT2D eigenvalue weighted by molar-refractivity contribution is 7.12. The smallest absolute Gasteiger partial charge is 0.416 e. The van der Waals surface area contributed by atoms with Gasteiger partial charge in [-0.3, -0.25) is 14.9 Å². The second-order valence-electron chi connectivity index (χ2n) is 5.62. The molecule has 1 aromatic heterocycles. The van der Waals surface area contributed by atoms with Gasteiger partial charge in [-0.2, -0.15) is 13.2 Å². The molecule has 6 nitrogen and oxygen atoms in total. The van der Waals surface area contributed by atoms with Crippen molar-refractivity contribution in [2.24, 2.45) is 0 Å². The minimum Gasteiger partial charge on any atom is -0.453 e. The first-order valence-corrected chi connectivity index (χ1v) is 8.71. The van der Waals surface area contributed by atoms with E-state index in [4.69, 9.17) is 4.74 Å². The van der Waals surface area contributed by atoms with Gasteiger partial charge >= 0.3 is 6.18 Å². The summed E-state index contributed by atoms with van der Waals surface area (Å²) in [5.74, 6) is -1.98. The summed E-state index contributed by atoms with van der Waals surface area (Å²) in [7, 11) is 0. The van der Waals surface area contributed by atoms with E-state index < -0.39 is 34.1 Å². The lowest BCUT2D eigenvalue weighted by molar-refractivity contribution is -0.385. The molecule has 1 heterocycles. The Kier molecular flexibility index (Phi) is 5.50. The number of nitro groups is 1. The first-order chi connectivity index (χ1) is 13.6. The number of ether oxygens (including phenoxy) is 1. The normalized spacial score (nSPS) is 11.2. The lowest BCUT2D eigenvalue weighted by Gasteiger charge is -2.10. The van der Waals surface area contributed by atoms with Crippen molar-refractivity contribution in [1.29, 1.82) is 0 Å². The molecule has 11 heteroatoms. The number of hydrogen-bond acceptors (Lipinski definition) is 5. The SMILES string of the molecule is O=C(Nc1ccc(C(F)(F)F)cc1)c1sccc1Oc1ccc([N+](=O)[O-])cc1F. The molecule has 0 saturated heterocycles. The topological polar surface area (TPSA) is 81.5 Å². The van der Waals surface area contributed by atoms with E-state index in [2.05, 4.69) is 5.32 Å². The number of halogens is 4. The van der Waals surface area contributed by atoms with Crippen molar-refractivity contribution in [1.82, 2.24) is 0 Å². The highest BCUT2D eigenvalue weighted by Crippen LogP contribution is 2.33. The fourth-order valence-corrected chi connectivity index (χ4v) is 2.99. The molecule has 29 heavy (non-hydrogen) atoms. The average molecular weight is 426 g/mol. The molecule has 1 amide bonds. The first kappa shape index (κ1) is 20.3. The van der Waals surface area contributed by atoms with Gasteiger partial charge in [-0.05, 0) is 41.8 Å². The summed E-state index contributed by atoms with van der Waals surface area (Å²) in [4.78, 5) is 22.3. The third-order valence-electron chi connectivity index (χ3n) is 3.65. The van der Waals surface area contributed by atoms with Gasteiger partial charge in [0.1, 0.15) is 4.88 Å². The monoisotopic (exact) mass is 426 g/mol. The summed E-state index contributed by atoms with van der Waals surface area (Å²) < 4.78 is 57.1. The van der Waals surface area contributed by atoms with Gasteiger partial charge in [-0.15, -0.1) is 11.3 Å². The second kappa shape index (κ2) is 7.87. The fraction of sp³-hybridized carbons (Fsp3) is 0.0556. The Morgan fingerprint density at radius 3 is 2.34 bits per heavy atom. The van der Waals surface area contributed by atoms with Crippen molar-refractivity contribution in [3.05, 3.63) is 80.3 Å². The van der Waals surface area contributed by atoms with E-state index in [9.17, 15) is 32.5 Å². The molecule has 0 saturated carbocycles. The zero-order chi connectivity index (χ0) is 21.2. The quantitative estimate of drug-likeness (QED) is 0.315. The molecule has 3 rings (SSSR count). The van der Waals surface area contributed by atoms with Crippen molar-refractivity contribution >= 4 is 28.6 Å². The van der Waals surface area contributed by atoms with Crippen molar-refractivity contribution in [3.63, 3.8) is 0 Å². The van der Waals surface area contributed by atoms with E-state index in [1.54, 1.807) is 0 Å². The van der Waals surface area contributed by atoms with Gasteiger partial charge in [0.05, 0.1) is 16.6 Å². The van der Waals surface area contributed by atoms with Gasteiger partial charge < -0.3 is 10.1 Å². The van der Waals surface area contributed by atoms with Gasteiger partial charge in [-0.1, -0.05) is 0 Å². The summed E-state index contributed by atoms with van der Waals surface area (Å²) >= 11 is 0.970. The maximum absolute atomic E-state index is 14.0. The number of carbonyl (C=O) groups excluding carboxylic acids is 1. The molecule has 1 N–H and O–H groups in total. The van der Waals surface area contributed by atoms with Crippen LogP contribution in [-0.4, -0.2) is 10.8 Å². The predicted octanol–water partition coefficient (Wildman–Crippen LogP) is 5.86. The number of thiophene rings is 1. The van der Waals surface area contributed by atoms with Crippen LogP contribution in [0.5, 0.6) is 11.5 Å². The highest BCUT2D eigenvalue weighted by Gasteiger charge is 2.30. The van der Waals surface area contributed by atoms with E-state index in [0.29, 0.717) is 6.07 Å². The van der Waals surface area contributed by atoms with Crippen LogP contribution in [0.15, 0.2) is 53.9 Å². The summed E-state index contributed by atoms with van der Waals surface area (Å²) in [5.41, 5.74) is -1.19. The predicted molar refractivity (Wildman–Crippen MR) is 96.8 cm³/mol. The summed E-state index contributed by atoms with van der Waals surface area (Å²) in [6.07, 6.45) is -4.49. The molecule has 0 atom stereocenters. The Morgan fingerprint density at radius 1 is 1.07 bits per heavy atom. The van der Waals surface area contributed by atoms with Crippen LogP contribution >= 0.6 is 11.3 Å². The molecule has 0 aliphatic heterocycles. The number of hydrogen-bond donors (Lipinski definition) is 1. The maximum Gasteiger partial charge on any atom is 0.416 e. The van der Waals surface area contributed by atoms with E-state index in [1.807, 2.05) is 0 Å². The number of nitrogens with one attached hydrogen (secondary N) is 1. The molecule has 2 aromatic carbocycles. The zero-order valence-corrected chi connectivity index (χ0v) is 15.0. The molecule has 0 aliphatic rings. The Balaban J connectivity index is 1.76. The Bertz CT molecular complexity index is 1060. The van der Waals surface area contributed by atoms with Crippen molar-refractivity contribution in [3.8, 4) is 11.5 Å². The van der Waals surface area contributed by atoms with Gasteiger partial charge in [0.25, 0.3) is 11.6 Å². The molecule has 0 fully saturated rings. The molecule has 150 valence electrons. The molecule has 0 spiro atoms. The van der Waals surface area contributed by atoms with Crippen LogP contribution in [0.25, 0.3) is 0 Å². The Hall–Kier alpha value is -3.47. The largest absolute Gasteiger partial charge is 0.453 e. The zero-order valence-electron chi connectivity index (χ0n) is 14.2. The van der Waals surface area contributed by atoms with E-state index in [-0.39, 0.29) is 22.1 Å².